The fourth-order valence-electron chi connectivity index (χ4n) is 3.30. The van der Waals surface area contributed by atoms with Crippen LogP contribution in [0, 0.1) is 0 Å². The van der Waals surface area contributed by atoms with Gasteiger partial charge < -0.3 is 14.4 Å². The molecule has 0 aliphatic rings. The number of benzene rings is 3. The third-order valence-corrected chi connectivity index (χ3v) is 4.72. The molecule has 0 aliphatic heterocycles. The van der Waals surface area contributed by atoms with Crippen LogP contribution in [0.15, 0.2) is 78.9 Å². The predicted molar refractivity (Wildman–Crippen MR) is 111 cm³/mol. The monoisotopic (exact) mass is 375 g/mol. The number of likely N-dealkylation sites (N-methyl/N-ethyl adjacent to an activating group) is 1. The summed E-state index contributed by atoms with van der Waals surface area (Å²) in [5.41, 5.74) is 2.91. The van der Waals surface area contributed by atoms with E-state index in [0.717, 1.165) is 16.7 Å². The number of amides is 1. The number of hydrogen-bond acceptors (Lipinski definition) is 3. The van der Waals surface area contributed by atoms with Crippen molar-refractivity contribution in [3.63, 3.8) is 0 Å². The average Bonchev–Trinajstić information content (AvgIpc) is 2.75. The second-order valence-electron chi connectivity index (χ2n) is 6.67. The fourth-order valence-corrected chi connectivity index (χ4v) is 3.30. The van der Waals surface area contributed by atoms with Crippen molar-refractivity contribution < 1.29 is 14.3 Å². The Labute approximate surface area is 166 Å². The molecule has 3 aromatic rings. The Morgan fingerprint density at radius 3 is 1.71 bits per heavy atom. The maximum absolute atomic E-state index is 13.4. The van der Waals surface area contributed by atoms with E-state index in [1.54, 1.807) is 19.1 Å². The lowest BCUT2D eigenvalue weighted by atomic mass is 9.90. The van der Waals surface area contributed by atoms with E-state index in [0.29, 0.717) is 18.0 Å². The van der Waals surface area contributed by atoms with Crippen molar-refractivity contribution in [2.45, 2.75) is 12.5 Å². The molecule has 0 unspecified atom stereocenters. The van der Waals surface area contributed by atoms with Crippen molar-refractivity contribution >= 4 is 5.91 Å². The van der Waals surface area contributed by atoms with E-state index < -0.39 is 0 Å². The maximum atomic E-state index is 13.4. The summed E-state index contributed by atoms with van der Waals surface area (Å²) in [6.45, 7) is 0.461. The molecule has 4 nitrogen and oxygen atoms in total. The lowest BCUT2D eigenvalue weighted by Crippen LogP contribution is -2.32. The molecule has 0 radical (unpaired) electrons. The highest BCUT2D eigenvalue weighted by molar-refractivity contribution is 5.87. The van der Waals surface area contributed by atoms with Crippen molar-refractivity contribution in [2.75, 3.05) is 21.3 Å². The Balaban J connectivity index is 1.89. The predicted octanol–water partition coefficient (Wildman–Crippen LogP) is 4.49. The van der Waals surface area contributed by atoms with Gasteiger partial charge in [0.15, 0.2) is 0 Å². The van der Waals surface area contributed by atoms with E-state index in [1.807, 2.05) is 85.9 Å². The normalized spacial score (nSPS) is 10.6. The minimum absolute atomic E-state index is 0.0409. The molecule has 0 aromatic heterocycles. The molecule has 0 bridgehead atoms. The van der Waals surface area contributed by atoms with Gasteiger partial charge in [0.25, 0.3) is 0 Å². The van der Waals surface area contributed by atoms with Gasteiger partial charge in [-0.05, 0) is 28.8 Å². The lowest BCUT2D eigenvalue weighted by molar-refractivity contribution is -0.131. The summed E-state index contributed by atoms with van der Waals surface area (Å²) >= 11 is 0. The van der Waals surface area contributed by atoms with Gasteiger partial charge in [0.2, 0.25) is 5.91 Å². The van der Waals surface area contributed by atoms with Crippen molar-refractivity contribution in [1.29, 1.82) is 0 Å². The second kappa shape index (κ2) is 9.09. The molecule has 3 rings (SSSR count). The van der Waals surface area contributed by atoms with E-state index in [9.17, 15) is 4.79 Å². The molecule has 0 heterocycles. The molecule has 0 saturated carbocycles. The van der Waals surface area contributed by atoms with Crippen LogP contribution in [0.4, 0.5) is 0 Å². The van der Waals surface area contributed by atoms with Crippen LogP contribution in [0.3, 0.4) is 0 Å². The van der Waals surface area contributed by atoms with Gasteiger partial charge in [-0.2, -0.15) is 0 Å². The van der Waals surface area contributed by atoms with Crippen LogP contribution in [0.5, 0.6) is 11.5 Å². The largest absolute Gasteiger partial charge is 0.497 e. The van der Waals surface area contributed by atoms with Gasteiger partial charge in [-0.15, -0.1) is 0 Å². The first kappa shape index (κ1) is 19.5. The van der Waals surface area contributed by atoms with E-state index in [1.165, 1.54) is 0 Å². The van der Waals surface area contributed by atoms with Crippen LogP contribution in [-0.4, -0.2) is 32.1 Å². The summed E-state index contributed by atoms with van der Waals surface area (Å²) in [6, 6.07) is 25.4. The molecule has 0 atom stereocenters. The van der Waals surface area contributed by atoms with Gasteiger partial charge in [-0.25, -0.2) is 0 Å². The van der Waals surface area contributed by atoms with Gasteiger partial charge in [0, 0.05) is 19.7 Å². The number of carbonyl (C=O) groups is 1. The Morgan fingerprint density at radius 1 is 0.821 bits per heavy atom. The Morgan fingerprint density at radius 2 is 1.29 bits per heavy atom. The van der Waals surface area contributed by atoms with Crippen LogP contribution in [0.1, 0.15) is 22.6 Å². The Bertz CT molecular complexity index is 848. The molecule has 28 heavy (non-hydrogen) atoms. The summed E-state index contributed by atoms with van der Waals surface area (Å²) in [6.07, 6.45) is 0. The van der Waals surface area contributed by atoms with Crippen LogP contribution in [0.2, 0.25) is 0 Å². The number of rotatable bonds is 7. The molecule has 0 N–H and O–H groups in total. The van der Waals surface area contributed by atoms with Crippen LogP contribution >= 0.6 is 0 Å². The standard InChI is InChI=1S/C24H25NO3/c1-25(17-18-14-21(27-2)16-22(15-18)28-3)24(26)23(19-10-6-4-7-11-19)20-12-8-5-9-13-20/h4-16,23H,17H2,1-3H3. The van der Waals surface area contributed by atoms with E-state index >= 15 is 0 Å². The average molecular weight is 375 g/mol. The summed E-state index contributed by atoms with van der Waals surface area (Å²) in [5.74, 6) is 1.11. The van der Waals surface area contributed by atoms with E-state index in [2.05, 4.69) is 0 Å². The molecule has 3 aromatic carbocycles. The smallest absolute Gasteiger partial charge is 0.234 e. The topological polar surface area (TPSA) is 38.8 Å². The zero-order valence-corrected chi connectivity index (χ0v) is 16.5. The lowest BCUT2D eigenvalue weighted by Gasteiger charge is -2.25. The number of hydrogen-bond donors (Lipinski definition) is 0. The highest BCUT2D eigenvalue weighted by atomic mass is 16.5. The first-order valence-corrected chi connectivity index (χ1v) is 9.19. The first-order valence-electron chi connectivity index (χ1n) is 9.19. The highest BCUT2D eigenvalue weighted by Gasteiger charge is 2.25. The van der Waals surface area contributed by atoms with Crippen molar-refractivity contribution in [1.82, 2.24) is 4.90 Å². The molecular weight excluding hydrogens is 350 g/mol. The SMILES string of the molecule is COc1cc(CN(C)C(=O)C(c2ccccc2)c2ccccc2)cc(OC)c1. The van der Waals surface area contributed by atoms with E-state index in [-0.39, 0.29) is 11.8 Å². The summed E-state index contributed by atoms with van der Waals surface area (Å²) in [7, 11) is 5.07. The Hall–Kier alpha value is -3.27. The zero-order valence-electron chi connectivity index (χ0n) is 16.5. The highest BCUT2D eigenvalue weighted by Crippen LogP contribution is 2.28. The number of carbonyl (C=O) groups excluding carboxylic acids is 1. The van der Waals surface area contributed by atoms with Gasteiger partial charge in [-0.3, -0.25) is 4.79 Å². The van der Waals surface area contributed by atoms with Crippen molar-refractivity contribution in [3.8, 4) is 11.5 Å². The number of ether oxygens (including phenoxy) is 2. The molecule has 4 heteroatoms. The maximum Gasteiger partial charge on any atom is 0.234 e. The zero-order chi connectivity index (χ0) is 19.9. The minimum Gasteiger partial charge on any atom is -0.497 e. The van der Waals surface area contributed by atoms with Gasteiger partial charge in [0.1, 0.15) is 11.5 Å². The molecule has 144 valence electrons. The quantitative estimate of drug-likeness (QED) is 0.611. The molecular formula is C24H25NO3. The summed E-state index contributed by atoms with van der Waals surface area (Å²) in [5, 5.41) is 0. The van der Waals surface area contributed by atoms with Crippen LogP contribution in [-0.2, 0) is 11.3 Å². The minimum atomic E-state index is -0.347. The number of methoxy groups -OCH3 is 2. The third-order valence-electron chi connectivity index (χ3n) is 4.72. The number of nitrogens with zero attached hydrogens (tertiary/aromatic N) is 1. The Kier molecular flexibility index (Phi) is 6.33. The van der Waals surface area contributed by atoms with Crippen LogP contribution in [0.25, 0.3) is 0 Å². The van der Waals surface area contributed by atoms with Crippen molar-refractivity contribution in [2.24, 2.45) is 0 Å². The molecule has 0 fully saturated rings. The molecule has 1 amide bonds. The first-order chi connectivity index (χ1) is 13.6. The summed E-state index contributed by atoms with van der Waals surface area (Å²) in [4.78, 5) is 15.2. The summed E-state index contributed by atoms with van der Waals surface area (Å²) < 4.78 is 10.7. The van der Waals surface area contributed by atoms with Gasteiger partial charge in [0.05, 0.1) is 20.1 Å². The van der Waals surface area contributed by atoms with Crippen LogP contribution < -0.4 is 9.47 Å². The molecule has 0 spiro atoms. The van der Waals surface area contributed by atoms with E-state index in [4.69, 9.17) is 9.47 Å². The third kappa shape index (κ3) is 4.52. The van der Waals surface area contributed by atoms with Gasteiger partial charge in [-0.1, -0.05) is 60.7 Å². The second-order valence-corrected chi connectivity index (χ2v) is 6.67. The van der Waals surface area contributed by atoms with Crippen molar-refractivity contribution in [3.05, 3.63) is 95.6 Å². The van der Waals surface area contributed by atoms with Gasteiger partial charge >= 0.3 is 0 Å². The molecule has 0 aliphatic carbocycles. The fraction of sp³-hybridized carbons (Fsp3) is 0.208. The molecule has 0 saturated heterocycles.